The summed E-state index contributed by atoms with van der Waals surface area (Å²) < 4.78 is 13.2. The first kappa shape index (κ1) is 13.7. The molecule has 0 atom stereocenters. The second-order valence-corrected chi connectivity index (χ2v) is 2.79. The van der Waals surface area contributed by atoms with Crippen molar-refractivity contribution in [2.24, 2.45) is 5.92 Å². The van der Waals surface area contributed by atoms with Gasteiger partial charge in [0.1, 0.15) is 0 Å². The fraction of sp³-hybridized carbons (Fsp3) is 0.273. The molecule has 0 bridgehead atoms. The van der Waals surface area contributed by atoms with Gasteiger partial charge in [-0.25, -0.2) is 4.39 Å². The van der Waals surface area contributed by atoms with Crippen molar-refractivity contribution in [1.82, 2.24) is 0 Å². The van der Waals surface area contributed by atoms with E-state index in [1.165, 1.54) is 0 Å². The van der Waals surface area contributed by atoms with E-state index in [9.17, 15) is 14.0 Å². The van der Waals surface area contributed by atoms with Crippen LogP contribution in [0.15, 0.2) is 35.3 Å². The van der Waals surface area contributed by atoms with E-state index in [4.69, 9.17) is 10.2 Å². The van der Waals surface area contributed by atoms with Gasteiger partial charge in [0.15, 0.2) is 5.83 Å². The summed E-state index contributed by atoms with van der Waals surface area (Å²) in [5.41, 5.74) is 8.36. The van der Waals surface area contributed by atoms with Gasteiger partial charge in [-0.3, -0.25) is 9.59 Å². The molecule has 0 saturated heterocycles. The standard InChI is InChI=1S/C11H9FO4/c1-2-3-4-5-9(12)8(6-10(13)14)7-11(15)16/h8H,1,6-7H2,(H,13,14)(H,15,16). The molecule has 0 heterocycles. The molecule has 5 heteroatoms. The lowest BCUT2D eigenvalue weighted by molar-refractivity contribution is -0.140. The van der Waals surface area contributed by atoms with Crippen LogP contribution in [-0.2, 0) is 9.59 Å². The van der Waals surface area contributed by atoms with Gasteiger partial charge in [-0.05, 0) is 23.8 Å². The molecule has 0 saturated carbocycles. The molecule has 0 fully saturated rings. The van der Waals surface area contributed by atoms with E-state index in [2.05, 4.69) is 23.8 Å². The van der Waals surface area contributed by atoms with Gasteiger partial charge < -0.3 is 10.2 Å². The average molecular weight is 224 g/mol. The normalized spacial score (nSPS) is 8.38. The average Bonchev–Trinajstić information content (AvgIpc) is 2.15. The number of allylic oxidation sites excluding steroid dienone is 1. The number of rotatable bonds is 5. The maximum absolute atomic E-state index is 13.2. The van der Waals surface area contributed by atoms with Crippen LogP contribution in [0, 0.1) is 5.92 Å². The van der Waals surface area contributed by atoms with Crippen molar-refractivity contribution in [3.05, 3.63) is 35.3 Å². The van der Waals surface area contributed by atoms with Crippen LogP contribution in [0.2, 0.25) is 0 Å². The van der Waals surface area contributed by atoms with Gasteiger partial charge >= 0.3 is 11.9 Å². The molecule has 0 unspecified atom stereocenters. The fourth-order valence-corrected chi connectivity index (χ4v) is 0.910. The first-order chi connectivity index (χ1) is 7.47. The Morgan fingerprint density at radius 1 is 1.19 bits per heavy atom. The van der Waals surface area contributed by atoms with Crippen LogP contribution in [0.1, 0.15) is 12.8 Å². The summed E-state index contributed by atoms with van der Waals surface area (Å²) in [6.45, 7) is 3.14. The number of hydrogen-bond donors (Lipinski definition) is 2. The van der Waals surface area contributed by atoms with Gasteiger partial charge in [0.25, 0.3) is 0 Å². The summed E-state index contributed by atoms with van der Waals surface area (Å²) in [6.07, 6.45) is -1.24. The minimum absolute atomic E-state index is 0.620. The zero-order valence-electron chi connectivity index (χ0n) is 8.29. The third-order valence-electron chi connectivity index (χ3n) is 1.53. The van der Waals surface area contributed by atoms with E-state index in [-0.39, 0.29) is 0 Å². The molecule has 0 aromatic carbocycles. The molecule has 0 spiro atoms. The highest BCUT2D eigenvalue weighted by molar-refractivity contribution is 5.71. The smallest absolute Gasteiger partial charge is 0.304 e. The SMILES string of the molecule is C=C=C=C=C=C(F)C(CC(=O)O)CC(=O)O. The number of aliphatic carboxylic acids is 2. The Hall–Kier alpha value is -2.27. The predicted octanol–water partition coefficient (Wildman–Crippen LogP) is 1.66. The third-order valence-corrected chi connectivity index (χ3v) is 1.53. The molecule has 0 aliphatic carbocycles. The number of carboxylic acid groups (broad SMARTS) is 2. The van der Waals surface area contributed by atoms with E-state index in [1.54, 1.807) is 0 Å². The van der Waals surface area contributed by atoms with Gasteiger partial charge in [0.05, 0.1) is 12.8 Å². The van der Waals surface area contributed by atoms with Crippen molar-refractivity contribution in [1.29, 1.82) is 0 Å². The van der Waals surface area contributed by atoms with Crippen LogP contribution in [0.4, 0.5) is 4.39 Å². The first-order valence-electron chi connectivity index (χ1n) is 4.21. The van der Waals surface area contributed by atoms with Gasteiger partial charge in [-0.1, -0.05) is 5.73 Å². The van der Waals surface area contributed by atoms with Crippen molar-refractivity contribution in [2.45, 2.75) is 12.8 Å². The Balaban J connectivity index is 5.10. The Morgan fingerprint density at radius 3 is 2.06 bits per heavy atom. The van der Waals surface area contributed by atoms with Crippen molar-refractivity contribution >= 4 is 11.9 Å². The zero-order valence-corrected chi connectivity index (χ0v) is 8.29. The lowest BCUT2D eigenvalue weighted by Crippen LogP contribution is -2.12. The maximum atomic E-state index is 13.2. The molecule has 0 radical (unpaired) electrons. The lowest BCUT2D eigenvalue weighted by Gasteiger charge is -2.06. The minimum atomic E-state index is -1.29. The number of carboxylic acids is 2. The summed E-state index contributed by atoms with van der Waals surface area (Å²) >= 11 is 0. The Morgan fingerprint density at radius 2 is 1.69 bits per heavy atom. The highest BCUT2D eigenvalue weighted by atomic mass is 19.1. The maximum Gasteiger partial charge on any atom is 0.304 e. The van der Waals surface area contributed by atoms with E-state index in [0.29, 0.717) is 0 Å². The van der Waals surface area contributed by atoms with E-state index >= 15 is 0 Å². The monoisotopic (exact) mass is 224 g/mol. The number of carbonyl (C=O) groups is 2. The van der Waals surface area contributed by atoms with Crippen LogP contribution in [0.3, 0.4) is 0 Å². The molecule has 4 nitrogen and oxygen atoms in total. The second kappa shape index (κ2) is 7.08. The molecule has 0 aromatic rings. The zero-order chi connectivity index (χ0) is 12.6. The highest BCUT2D eigenvalue weighted by Crippen LogP contribution is 2.19. The summed E-state index contributed by atoms with van der Waals surface area (Å²) in [5.74, 6) is -4.82. The van der Waals surface area contributed by atoms with Crippen LogP contribution in [-0.4, -0.2) is 22.2 Å². The van der Waals surface area contributed by atoms with Gasteiger partial charge in [0, 0.05) is 5.92 Å². The molecule has 0 aromatic heterocycles. The van der Waals surface area contributed by atoms with Gasteiger partial charge in [-0.2, -0.15) is 0 Å². The van der Waals surface area contributed by atoms with Crippen LogP contribution in [0.5, 0.6) is 0 Å². The van der Waals surface area contributed by atoms with Crippen LogP contribution in [0.25, 0.3) is 0 Å². The fourth-order valence-electron chi connectivity index (χ4n) is 0.910. The predicted molar refractivity (Wildman–Crippen MR) is 52.3 cm³/mol. The molecular weight excluding hydrogens is 215 g/mol. The quantitative estimate of drug-likeness (QED) is 0.696. The molecule has 0 amide bonds. The number of halogens is 1. The molecule has 84 valence electrons. The van der Waals surface area contributed by atoms with Crippen molar-refractivity contribution in [2.75, 3.05) is 0 Å². The molecule has 0 rings (SSSR count). The number of hydrogen-bond acceptors (Lipinski definition) is 2. The van der Waals surface area contributed by atoms with Crippen molar-refractivity contribution < 1.29 is 24.2 Å². The van der Waals surface area contributed by atoms with Crippen LogP contribution < -0.4 is 0 Å². The minimum Gasteiger partial charge on any atom is -0.481 e. The third kappa shape index (κ3) is 6.22. The summed E-state index contributed by atoms with van der Waals surface area (Å²) in [6, 6.07) is 0. The Labute approximate surface area is 91.0 Å². The topological polar surface area (TPSA) is 74.6 Å². The van der Waals surface area contributed by atoms with Crippen LogP contribution >= 0.6 is 0 Å². The highest BCUT2D eigenvalue weighted by Gasteiger charge is 2.21. The van der Waals surface area contributed by atoms with E-state index in [1.807, 2.05) is 5.73 Å². The molecular formula is C11H9FO4. The molecule has 0 aliphatic rings. The second-order valence-electron chi connectivity index (χ2n) is 2.79. The van der Waals surface area contributed by atoms with E-state index < -0.39 is 36.5 Å². The Bertz CT molecular complexity index is 425. The molecule has 16 heavy (non-hydrogen) atoms. The lowest BCUT2D eigenvalue weighted by atomic mass is 10.0. The first-order valence-corrected chi connectivity index (χ1v) is 4.21. The van der Waals surface area contributed by atoms with Crippen molar-refractivity contribution in [3.63, 3.8) is 0 Å². The summed E-state index contributed by atoms with van der Waals surface area (Å²) in [4.78, 5) is 20.7. The van der Waals surface area contributed by atoms with Gasteiger partial charge in [-0.15, -0.1) is 0 Å². The molecule has 0 aliphatic heterocycles. The van der Waals surface area contributed by atoms with E-state index in [0.717, 1.165) is 0 Å². The summed E-state index contributed by atoms with van der Waals surface area (Å²) in [5, 5.41) is 16.9. The van der Waals surface area contributed by atoms with Crippen molar-refractivity contribution in [3.8, 4) is 0 Å². The van der Waals surface area contributed by atoms with Gasteiger partial charge in [0.2, 0.25) is 0 Å². The molecule has 2 N–H and O–H groups in total. The summed E-state index contributed by atoms with van der Waals surface area (Å²) in [7, 11) is 0. The largest absolute Gasteiger partial charge is 0.481 e. The Kier molecular flexibility index (Phi) is 6.07.